The predicted octanol–water partition coefficient (Wildman–Crippen LogP) is 3.77. The van der Waals surface area contributed by atoms with Gasteiger partial charge in [-0.1, -0.05) is 47.6 Å². The number of aromatic nitrogens is 1. The lowest BCUT2D eigenvalue weighted by Crippen LogP contribution is -2.08. The molecule has 0 saturated carbocycles. The second-order valence-corrected chi connectivity index (χ2v) is 5.35. The van der Waals surface area contributed by atoms with Crippen molar-refractivity contribution >= 4 is 11.7 Å². The first-order valence-electron chi connectivity index (χ1n) is 7.14. The van der Waals surface area contributed by atoms with Crippen molar-refractivity contribution in [1.82, 2.24) is 5.16 Å². The number of aromatic carboxylic acids is 1. The van der Waals surface area contributed by atoms with E-state index in [0.717, 1.165) is 5.69 Å². The number of rotatable bonds is 4. The van der Waals surface area contributed by atoms with Crippen LogP contribution in [0.1, 0.15) is 10.4 Å². The molecule has 5 nitrogen and oxygen atoms in total. The van der Waals surface area contributed by atoms with Gasteiger partial charge in [-0.05, 0) is 12.1 Å². The van der Waals surface area contributed by atoms with Crippen LogP contribution in [0.25, 0.3) is 22.6 Å². The van der Waals surface area contributed by atoms with Gasteiger partial charge in [-0.15, -0.1) is 0 Å². The Morgan fingerprint density at radius 2 is 1.65 bits per heavy atom. The highest BCUT2D eigenvalue weighted by Crippen LogP contribution is 2.32. The van der Waals surface area contributed by atoms with Crippen molar-refractivity contribution in [2.24, 2.45) is 0 Å². The van der Waals surface area contributed by atoms with Crippen LogP contribution < -0.4 is 4.90 Å². The Hall–Kier alpha value is -3.08. The first-order chi connectivity index (χ1) is 11.1. The Kier molecular flexibility index (Phi) is 3.85. The average molecular weight is 308 g/mol. The van der Waals surface area contributed by atoms with Gasteiger partial charge in [-0.3, -0.25) is 0 Å². The molecule has 2 aromatic carbocycles. The van der Waals surface area contributed by atoms with E-state index >= 15 is 0 Å². The number of nitrogens with zero attached hydrogens (tertiary/aromatic N) is 2. The van der Waals surface area contributed by atoms with Crippen LogP contribution in [0.2, 0.25) is 0 Å². The fraction of sp³-hybridized carbons (Fsp3) is 0.111. The van der Waals surface area contributed by atoms with E-state index in [0.29, 0.717) is 16.8 Å². The maximum atomic E-state index is 11.7. The second-order valence-electron chi connectivity index (χ2n) is 5.35. The number of carbonyl (C=O) groups is 1. The summed E-state index contributed by atoms with van der Waals surface area (Å²) in [4.78, 5) is 13.7. The number of benzene rings is 2. The van der Waals surface area contributed by atoms with Crippen LogP contribution in [0.15, 0.2) is 59.1 Å². The molecule has 0 radical (unpaired) electrons. The molecule has 0 bridgehead atoms. The van der Waals surface area contributed by atoms with Crippen LogP contribution in [0.5, 0.6) is 0 Å². The van der Waals surface area contributed by atoms with E-state index in [1.165, 1.54) is 0 Å². The monoisotopic (exact) mass is 308 g/mol. The zero-order valence-corrected chi connectivity index (χ0v) is 12.9. The van der Waals surface area contributed by atoms with Crippen molar-refractivity contribution in [2.45, 2.75) is 0 Å². The van der Waals surface area contributed by atoms with Crippen molar-refractivity contribution in [3.05, 3.63) is 60.2 Å². The summed E-state index contributed by atoms with van der Waals surface area (Å²) in [7, 11) is 3.89. The van der Waals surface area contributed by atoms with Crippen molar-refractivity contribution in [2.75, 3.05) is 19.0 Å². The van der Waals surface area contributed by atoms with Crippen LogP contribution in [-0.2, 0) is 0 Å². The Morgan fingerprint density at radius 3 is 2.22 bits per heavy atom. The van der Waals surface area contributed by atoms with E-state index in [9.17, 15) is 9.90 Å². The first kappa shape index (κ1) is 14.8. The van der Waals surface area contributed by atoms with Gasteiger partial charge in [0.25, 0.3) is 0 Å². The number of carboxylic acids is 1. The molecule has 0 aliphatic carbocycles. The quantitative estimate of drug-likeness (QED) is 0.794. The van der Waals surface area contributed by atoms with Crippen LogP contribution in [0, 0.1) is 0 Å². The molecule has 5 heteroatoms. The van der Waals surface area contributed by atoms with Gasteiger partial charge in [-0.25, -0.2) is 4.79 Å². The fourth-order valence-corrected chi connectivity index (χ4v) is 2.39. The fourth-order valence-electron chi connectivity index (χ4n) is 2.39. The molecule has 0 atom stereocenters. The van der Waals surface area contributed by atoms with E-state index in [-0.39, 0.29) is 11.3 Å². The van der Waals surface area contributed by atoms with Crippen LogP contribution in [0.3, 0.4) is 0 Å². The lowest BCUT2D eigenvalue weighted by molar-refractivity contribution is 0.0698. The molecule has 3 rings (SSSR count). The molecule has 1 heterocycles. The Balaban J connectivity index is 2.10. The molecule has 0 spiro atoms. The van der Waals surface area contributed by atoms with Crippen molar-refractivity contribution < 1.29 is 14.4 Å². The Labute approximate surface area is 133 Å². The molecule has 0 unspecified atom stereocenters. The number of hydrogen-bond donors (Lipinski definition) is 1. The first-order valence-corrected chi connectivity index (χ1v) is 7.14. The summed E-state index contributed by atoms with van der Waals surface area (Å²) in [6, 6.07) is 16.6. The third-order valence-corrected chi connectivity index (χ3v) is 3.60. The maximum absolute atomic E-state index is 11.7. The molecule has 23 heavy (non-hydrogen) atoms. The predicted molar refractivity (Wildman–Crippen MR) is 88.7 cm³/mol. The summed E-state index contributed by atoms with van der Waals surface area (Å²) in [6.07, 6.45) is 0. The topological polar surface area (TPSA) is 66.6 Å². The zero-order chi connectivity index (χ0) is 16.4. The van der Waals surface area contributed by atoms with Crippen molar-refractivity contribution in [1.29, 1.82) is 0 Å². The maximum Gasteiger partial charge on any atom is 0.342 e. The molecule has 1 aromatic heterocycles. The highest BCUT2D eigenvalue weighted by Gasteiger charge is 2.24. The molecule has 0 aliphatic heterocycles. The van der Waals surface area contributed by atoms with Gasteiger partial charge in [0.1, 0.15) is 11.3 Å². The highest BCUT2D eigenvalue weighted by atomic mass is 16.5. The molecule has 3 aromatic rings. The summed E-state index contributed by atoms with van der Waals surface area (Å²) >= 11 is 0. The van der Waals surface area contributed by atoms with Crippen molar-refractivity contribution in [3.8, 4) is 22.6 Å². The van der Waals surface area contributed by atoms with E-state index in [4.69, 9.17) is 4.52 Å². The Bertz CT molecular complexity index is 821. The minimum absolute atomic E-state index is 0.0776. The van der Waals surface area contributed by atoms with Gasteiger partial charge in [0, 0.05) is 30.9 Å². The average Bonchev–Trinajstić information content (AvgIpc) is 3.01. The van der Waals surface area contributed by atoms with E-state index in [1.807, 2.05) is 61.5 Å². The van der Waals surface area contributed by atoms with Crippen LogP contribution in [-0.4, -0.2) is 30.3 Å². The molecule has 0 aliphatic rings. The smallest absolute Gasteiger partial charge is 0.342 e. The van der Waals surface area contributed by atoms with Gasteiger partial charge >= 0.3 is 5.97 Å². The largest absolute Gasteiger partial charge is 0.477 e. The molecular weight excluding hydrogens is 292 g/mol. The number of anilines is 1. The highest BCUT2D eigenvalue weighted by molar-refractivity contribution is 6.00. The number of carboxylic acid groups (broad SMARTS) is 1. The van der Waals surface area contributed by atoms with Crippen LogP contribution >= 0.6 is 0 Å². The lowest BCUT2D eigenvalue weighted by Gasteiger charge is -2.12. The van der Waals surface area contributed by atoms with Gasteiger partial charge in [-0.2, -0.15) is 0 Å². The third-order valence-electron chi connectivity index (χ3n) is 3.60. The van der Waals surface area contributed by atoms with Crippen molar-refractivity contribution in [3.63, 3.8) is 0 Å². The summed E-state index contributed by atoms with van der Waals surface area (Å²) < 4.78 is 5.33. The van der Waals surface area contributed by atoms with Gasteiger partial charge < -0.3 is 14.5 Å². The minimum atomic E-state index is -1.06. The Morgan fingerprint density at radius 1 is 1.00 bits per heavy atom. The lowest BCUT2D eigenvalue weighted by atomic mass is 10.0. The molecular formula is C18H16N2O3. The molecule has 0 saturated heterocycles. The van der Waals surface area contributed by atoms with E-state index < -0.39 is 5.97 Å². The molecule has 0 amide bonds. The minimum Gasteiger partial charge on any atom is -0.477 e. The van der Waals surface area contributed by atoms with E-state index in [1.54, 1.807) is 12.1 Å². The number of hydrogen-bond acceptors (Lipinski definition) is 4. The van der Waals surface area contributed by atoms with Gasteiger partial charge in [0.05, 0.1) is 0 Å². The van der Waals surface area contributed by atoms with Crippen LogP contribution in [0.4, 0.5) is 5.69 Å². The second kappa shape index (κ2) is 5.96. The molecule has 116 valence electrons. The summed E-state index contributed by atoms with van der Waals surface area (Å²) in [5, 5.41) is 13.6. The normalized spacial score (nSPS) is 10.5. The zero-order valence-electron chi connectivity index (χ0n) is 12.9. The van der Waals surface area contributed by atoms with E-state index in [2.05, 4.69) is 5.16 Å². The third kappa shape index (κ3) is 2.81. The standard InChI is InChI=1S/C18H16N2O3/c1-20(2)14-10-8-12(9-11-14)16-15(18(21)22)17(23-19-16)13-6-4-3-5-7-13/h3-11H,1-2H3,(H,21,22). The summed E-state index contributed by atoms with van der Waals surface area (Å²) in [6.45, 7) is 0. The molecule has 0 fully saturated rings. The SMILES string of the molecule is CN(C)c1ccc(-c2noc(-c3ccccc3)c2C(=O)O)cc1. The molecule has 1 N–H and O–H groups in total. The van der Waals surface area contributed by atoms with Gasteiger partial charge in [0.2, 0.25) is 0 Å². The summed E-state index contributed by atoms with van der Waals surface area (Å²) in [5.41, 5.74) is 2.83. The summed E-state index contributed by atoms with van der Waals surface area (Å²) in [5.74, 6) is -0.790. The van der Waals surface area contributed by atoms with Gasteiger partial charge in [0.15, 0.2) is 5.76 Å².